The molecule has 1 aliphatic carbocycles. The van der Waals surface area contributed by atoms with Crippen LogP contribution in [0, 0.1) is 0 Å². The summed E-state index contributed by atoms with van der Waals surface area (Å²) >= 11 is 6.50. The minimum atomic E-state index is -0.271. The SMILES string of the molecule is C=CC(=O)N1CC=C(c2cc3c(Oc4ccc(NC(=O)NC5CC5)c(Cl)c4)ccnc3cc2OCCN2CCOCC2)CC1. The van der Waals surface area contributed by atoms with Crippen molar-refractivity contribution in [2.45, 2.75) is 25.3 Å². The molecule has 3 heterocycles. The van der Waals surface area contributed by atoms with Crippen LogP contribution in [0.5, 0.6) is 17.2 Å². The van der Waals surface area contributed by atoms with Crippen molar-refractivity contribution in [2.24, 2.45) is 0 Å². The van der Waals surface area contributed by atoms with E-state index in [4.69, 9.17) is 25.8 Å². The van der Waals surface area contributed by atoms with Gasteiger partial charge in [-0.15, -0.1) is 0 Å². The summed E-state index contributed by atoms with van der Waals surface area (Å²) in [5.41, 5.74) is 3.28. The zero-order chi connectivity index (χ0) is 30.5. The van der Waals surface area contributed by atoms with Crippen LogP contribution >= 0.6 is 11.6 Å². The number of hydrogen-bond donors (Lipinski definition) is 2. The third-order valence-electron chi connectivity index (χ3n) is 7.94. The molecule has 11 heteroatoms. The molecule has 0 atom stereocenters. The van der Waals surface area contributed by atoms with Crippen LogP contribution in [0.15, 0.2) is 61.3 Å². The molecular formula is C33H36ClN5O5. The van der Waals surface area contributed by atoms with Crippen LogP contribution in [0.3, 0.4) is 0 Å². The minimum absolute atomic E-state index is 0.0795. The van der Waals surface area contributed by atoms with Crippen LogP contribution in [0.2, 0.25) is 5.02 Å². The Kier molecular flexibility index (Phi) is 9.30. The lowest BCUT2D eigenvalue weighted by Crippen LogP contribution is -2.38. The molecule has 3 aromatic rings. The molecule has 6 rings (SSSR count). The van der Waals surface area contributed by atoms with Crippen molar-refractivity contribution >= 4 is 45.7 Å². The number of anilines is 1. The second-order valence-corrected chi connectivity index (χ2v) is 11.5. The van der Waals surface area contributed by atoms with E-state index >= 15 is 0 Å². The van der Waals surface area contributed by atoms with Crippen LogP contribution in [-0.4, -0.2) is 85.3 Å². The first-order valence-electron chi connectivity index (χ1n) is 15.0. The van der Waals surface area contributed by atoms with Crippen molar-refractivity contribution in [3.05, 3.63) is 71.9 Å². The molecule has 230 valence electrons. The van der Waals surface area contributed by atoms with Crippen LogP contribution in [0.1, 0.15) is 24.8 Å². The smallest absolute Gasteiger partial charge is 0.319 e. The maximum absolute atomic E-state index is 12.2. The summed E-state index contributed by atoms with van der Waals surface area (Å²) in [5.74, 6) is 1.80. The number of rotatable bonds is 10. The van der Waals surface area contributed by atoms with Gasteiger partial charge in [-0.3, -0.25) is 14.7 Å². The van der Waals surface area contributed by atoms with Gasteiger partial charge in [0.25, 0.3) is 0 Å². The summed E-state index contributed by atoms with van der Waals surface area (Å²) in [6.07, 6.45) is 7.81. The average molecular weight is 618 g/mol. The Morgan fingerprint density at radius 1 is 1.11 bits per heavy atom. The zero-order valence-electron chi connectivity index (χ0n) is 24.5. The number of fused-ring (bicyclic) bond motifs is 1. The zero-order valence-corrected chi connectivity index (χ0v) is 25.3. The highest BCUT2D eigenvalue weighted by atomic mass is 35.5. The monoisotopic (exact) mass is 617 g/mol. The lowest BCUT2D eigenvalue weighted by atomic mass is 9.96. The number of halogens is 1. The van der Waals surface area contributed by atoms with Gasteiger partial charge in [0.1, 0.15) is 23.9 Å². The van der Waals surface area contributed by atoms with Gasteiger partial charge in [0.2, 0.25) is 5.91 Å². The summed E-state index contributed by atoms with van der Waals surface area (Å²) in [4.78, 5) is 33.1. The van der Waals surface area contributed by atoms with Gasteiger partial charge in [-0.2, -0.15) is 0 Å². The fourth-order valence-electron chi connectivity index (χ4n) is 5.32. The van der Waals surface area contributed by atoms with E-state index in [0.29, 0.717) is 48.3 Å². The molecule has 2 fully saturated rings. The summed E-state index contributed by atoms with van der Waals surface area (Å²) in [6, 6.07) is 11.0. The summed E-state index contributed by atoms with van der Waals surface area (Å²) in [7, 11) is 0. The Morgan fingerprint density at radius 3 is 2.68 bits per heavy atom. The van der Waals surface area contributed by atoms with Crippen molar-refractivity contribution in [1.82, 2.24) is 20.1 Å². The van der Waals surface area contributed by atoms with E-state index < -0.39 is 0 Å². The van der Waals surface area contributed by atoms with Gasteiger partial charge in [-0.25, -0.2) is 4.79 Å². The van der Waals surface area contributed by atoms with Crippen molar-refractivity contribution in [3.8, 4) is 17.2 Å². The van der Waals surface area contributed by atoms with E-state index in [1.165, 1.54) is 6.08 Å². The third kappa shape index (κ3) is 7.32. The highest BCUT2D eigenvalue weighted by molar-refractivity contribution is 6.33. The molecule has 1 aromatic heterocycles. The Morgan fingerprint density at radius 2 is 1.95 bits per heavy atom. The lowest BCUT2D eigenvalue weighted by molar-refractivity contribution is -0.125. The molecule has 1 saturated carbocycles. The Labute approximate surface area is 261 Å². The van der Waals surface area contributed by atoms with Gasteiger partial charge in [0.15, 0.2) is 0 Å². The average Bonchev–Trinajstić information content (AvgIpc) is 3.86. The standard InChI is InChI=1S/C33H36ClN5O5/c1-2-32(40)39-11-8-22(9-12-39)25-20-26-29(21-31(25)43-18-15-38-13-16-42-17-14-38)35-10-7-30(26)44-24-5-6-28(27(34)19-24)37-33(41)36-23-3-4-23/h2,5-8,10,19-21,23H,1,3-4,9,11-18H2,(H2,36,37,41). The number of benzene rings is 2. The van der Waals surface area contributed by atoms with Crippen LogP contribution in [0.25, 0.3) is 16.5 Å². The van der Waals surface area contributed by atoms with Gasteiger partial charge in [-0.05, 0) is 55.2 Å². The van der Waals surface area contributed by atoms with E-state index in [-0.39, 0.29) is 18.0 Å². The normalized spacial score (nSPS) is 17.1. The number of pyridine rings is 1. The van der Waals surface area contributed by atoms with E-state index in [1.807, 2.05) is 12.1 Å². The number of carbonyl (C=O) groups excluding carboxylic acids is 2. The number of urea groups is 1. The molecule has 2 aromatic carbocycles. The number of amides is 3. The van der Waals surface area contributed by atoms with E-state index in [1.54, 1.807) is 29.3 Å². The lowest BCUT2D eigenvalue weighted by Gasteiger charge is -2.28. The fraction of sp³-hybridized carbons (Fsp3) is 0.364. The number of nitrogens with zero attached hydrogens (tertiary/aromatic N) is 3. The molecule has 0 bridgehead atoms. The first-order chi connectivity index (χ1) is 21.5. The summed E-state index contributed by atoms with van der Waals surface area (Å²) in [6.45, 7) is 9.30. The molecular weight excluding hydrogens is 582 g/mol. The van der Waals surface area contributed by atoms with Crippen LogP contribution in [0.4, 0.5) is 10.5 Å². The fourth-order valence-corrected chi connectivity index (χ4v) is 5.54. The molecule has 3 aliphatic rings. The number of nitrogens with one attached hydrogen (secondary N) is 2. The molecule has 1 saturated heterocycles. The molecule has 44 heavy (non-hydrogen) atoms. The molecule has 0 unspecified atom stereocenters. The van der Waals surface area contributed by atoms with Crippen LogP contribution in [-0.2, 0) is 9.53 Å². The van der Waals surface area contributed by atoms with Crippen molar-refractivity contribution in [2.75, 3.05) is 57.9 Å². The predicted molar refractivity (Wildman–Crippen MR) is 171 cm³/mol. The van der Waals surface area contributed by atoms with E-state index in [2.05, 4.69) is 39.2 Å². The summed E-state index contributed by atoms with van der Waals surface area (Å²) in [5, 5.41) is 6.87. The summed E-state index contributed by atoms with van der Waals surface area (Å²) < 4.78 is 18.2. The van der Waals surface area contributed by atoms with E-state index in [0.717, 1.165) is 73.5 Å². The highest BCUT2D eigenvalue weighted by Gasteiger charge is 2.24. The molecule has 10 nitrogen and oxygen atoms in total. The predicted octanol–water partition coefficient (Wildman–Crippen LogP) is 5.48. The molecule has 3 amide bonds. The van der Waals surface area contributed by atoms with Gasteiger partial charge in [0, 0.05) is 68.0 Å². The number of carbonyl (C=O) groups is 2. The Hall–Kier alpha value is -4.12. The number of ether oxygens (including phenoxy) is 3. The van der Waals surface area contributed by atoms with Crippen molar-refractivity contribution in [1.29, 1.82) is 0 Å². The molecule has 0 spiro atoms. The second kappa shape index (κ2) is 13.7. The maximum Gasteiger partial charge on any atom is 0.319 e. The highest BCUT2D eigenvalue weighted by Crippen LogP contribution is 2.39. The topological polar surface area (TPSA) is 105 Å². The van der Waals surface area contributed by atoms with Gasteiger partial charge in [-0.1, -0.05) is 24.3 Å². The van der Waals surface area contributed by atoms with Gasteiger partial charge < -0.3 is 29.7 Å². The third-order valence-corrected chi connectivity index (χ3v) is 8.25. The molecule has 2 N–H and O–H groups in total. The largest absolute Gasteiger partial charge is 0.492 e. The van der Waals surface area contributed by atoms with Gasteiger partial charge in [0.05, 0.1) is 29.4 Å². The first kappa shape index (κ1) is 29.9. The first-order valence-corrected chi connectivity index (χ1v) is 15.4. The molecule has 2 aliphatic heterocycles. The van der Waals surface area contributed by atoms with Crippen LogP contribution < -0.4 is 20.1 Å². The number of hydrogen-bond acceptors (Lipinski definition) is 7. The van der Waals surface area contributed by atoms with Gasteiger partial charge >= 0.3 is 6.03 Å². The maximum atomic E-state index is 12.2. The van der Waals surface area contributed by atoms with E-state index in [9.17, 15) is 9.59 Å². The second-order valence-electron chi connectivity index (χ2n) is 11.1. The quantitative estimate of drug-likeness (QED) is 0.290. The Bertz CT molecular complexity index is 1580. The number of aromatic nitrogens is 1. The molecule has 0 radical (unpaired) electrons. The Balaban J connectivity index is 1.25. The van der Waals surface area contributed by atoms with Crippen molar-refractivity contribution < 1.29 is 23.8 Å². The van der Waals surface area contributed by atoms with Crippen molar-refractivity contribution in [3.63, 3.8) is 0 Å². The minimum Gasteiger partial charge on any atom is -0.492 e. The number of morpholine rings is 1.